The lowest BCUT2D eigenvalue weighted by molar-refractivity contribution is 0.0943. The van der Waals surface area contributed by atoms with Crippen LogP contribution in [-0.4, -0.2) is 31.7 Å². The molecular weight excluding hydrogens is 444 g/mol. The number of amides is 1. The monoisotopic (exact) mass is 468 g/mol. The lowest BCUT2D eigenvalue weighted by Crippen LogP contribution is -2.31. The fourth-order valence-electron chi connectivity index (χ4n) is 4.02. The third kappa shape index (κ3) is 4.58. The number of nitrogens with one attached hydrogen (secondary N) is 1. The highest BCUT2D eigenvalue weighted by Gasteiger charge is 2.29. The predicted octanol–water partition coefficient (Wildman–Crippen LogP) is 4.95. The SMILES string of the molecule is Cc1ccccc1[C@@H](NC(=O)c1cc(S(=O)(=O)N2CCCC2)ccc1Cl)c1ccccc1. The number of nitrogens with zero attached hydrogens (tertiary/aromatic N) is 1. The van der Waals surface area contributed by atoms with Crippen LogP contribution in [0, 0.1) is 6.92 Å². The van der Waals surface area contributed by atoms with Gasteiger partial charge < -0.3 is 5.32 Å². The number of rotatable bonds is 6. The average molecular weight is 469 g/mol. The minimum atomic E-state index is -3.66. The molecule has 1 N–H and O–H groups in total. The van der Waals surface area contributed by atoms with Gasteiger partial charge in [0.15, 0.2) is 0 Å². The fraction of sp³-hybridized carbons (Fsp3) is 0.240. The maximum atomic E-state index is 13.3. The van der Waals surface area contributed by atoms with Gasteiger partial charge in [-0.3, -0.25) is 4.79 Å². The number of benzene rings is 3. The van der Waals surface area contributed by atoms with Crippen LogP contribution in [0.2, 0.25) is 5.02 Å². The van der Waals surface area contributed by atoms with Gasteiger partial charge >= 0.3 is 0 Å². The van der Waals surface area contributed by atoms with Gasteiger partial charge in [-0.05, 0) is 54.7 Å². The molecular formula is C25H25ClN2O3S. The zero-order chi connectivity index (χ0) is 22.7. The van der Waals surface area contributed by atoms with E-state index in [0.29, 0.717) is 13.1 Å². The number of hydrogen-bond acceptors (Lipinski definition) is 3. The van der Waals surface area contributed by atoms with Crippen LogP contribution >= 0.6 is 11.6 Å². The first kappa shape index (κ1) is 22.5. The summed E-state index contributed by atoms with van der Waals surface area (Å²) in [6, 6.07) is 21.4. The van der Waals surface area contributed by atoms with Crippen molar-refractivity contribution in [3.63, 3.8) is 0 Å². The maximum absolute atomic E-state index is 13.3. The van der Waals surface area contributed by atoms with Crippen LogP contribution in [0.15, 0.2) is 77.7 Å². The summed E-state index contributed by atoms with van der Waals surface area (Å²) in [6.45, 7) is 2.99. The van der Waals surface area contributed by atoms with Crippen LogP contribution < -0.4 is 5.32 Å². The van der Waals surface area contributed by atoms with Crippen LogP contribution in [0.1, 0.15) is 45.9 Å². The highest BCUT2D eigenvalue weighted by atomic mass is 35.5. The smallest absolute Gasteiger partial charge is 0.253 e. The maximum Gasteiger partial charge on any atom is 0.253 e. The highest BCUT2D eigenvalue weighted by Crippen LogP contribution is 2.28. The van der Waals surface area contributed by atoms with Crippen LogP contribution in [0.4, 0.5) is 0 Å². The Morgan fingerprint density at radius 1 is 0.969 bits per heavy atom. The fourth-order valence-corrected chi connectivity index (χ4v) is 5.77. The summed E-state index contributed by atoms with van der Waals surface area (Å²) in [7, 11) is -3.66. The first-order valence-electron chi connectivity index (χ1n) is 10.6. The number of aryl methyl sites for hydroxylation is 1. The van der Waals surface area contributed by atoms with Crippen molar-refractivity contribution in [1.82, 2.24) is 9.62 Å². The number of carbonyl (C=O) groups is 1. The third-order valence-corrected chi connectivity index (χ3v) is 8.02. The Morgan fingerprint density at radius 2 is 1.62 bits per heavy atom. The Bertz CT molecular complexity index is 1220. The van der Waals surface area contributed by atoms with E-state index in [4.69, 9.17) is 11.6 Å². The van der Waals surface area contributed by atoms with E-state index in [9.17, 15) is 13.2 Å². The van der Waals surface area contributed by atoms with Gasteiger partial charge in [-0.1, -0.05) is 66.2 Å². The summed E-state index contributed by atoms with van der Waals surface area (Å²) in [5.41, 5.74) is 3.07. The highest BCUT2D eigenvalue weighted by molar-refractivity contribution is 7.89. The van der Waals surface area contributed by atoms with Crippen LogP contribution in [0.25, 0.3) is 0 Å². The summed E-state index contributed by atoms with van der Waals surface area (Å²) in [5, 5.41) is 3.27. The van der Waals surface area contributed by atoms with Crippen molar-refractivity contribution in [2.45, 2.75) is 30.7 Å². The van der Waals surface area contributed by atoms with E-state index in [0.717, 1.165) is 29.5 Å². The Morgan fingerprint density at radius 3 is 2.31 bits per heavy atom. The molecule has 1 atom stereocenters. The average Bonchev–Trinajstić information content (AvgIpc) is 3.35. The summed E-state index contributed by atoms with van der Waals surface area (Å²) in [4.78, 5) is 13.4. The molecule has 0 aliphatic carbocycles. The van der Waals surface area contributed by atoms with Crippen LogP contribution in [0.5, 0.6) is 0 Å². The summed E-state index contributed by atoms with van der Waals surface area (Å²) < 4.78 is 27.4. The van der Waals surface area contributed by atoms with E-state index in [1.165, 1.54) is 22.5 Å². The molecule has 0 bridgehead atoms. The first-order valence-corrected chi connectivity index (χ1v) is 12.4. The van der Waals surface area contributed by atoms with Gasteiger partial charge in [0.05, 0.1) is 21.5 Å². The lowest BCUT2D eigenvalue weighted by atomic mass is 9.94. The third-order valence-electron chi connectivity index (χ3n) is 5.79. The van der Waals surface area contributed by atoms with Gasteiger partial charge in [0, 0.05) is 13.1 Å². The molecule has 0 unspecified atom stereocenters. The molecule has 1 aliphatic heterocycles. The molecule has 0 aromatic heterocycles. The van der Waals surface area contributed by atoms with E-state index in [2.05, 4.69) is 5.32 Å². The van der Waals surface area contributed by atoms with Crippen LogP contribution in [0.3, 0.4) is 0 Å². The van der Waals surface area contributed by atoms with Crippen molar-refractivity contribution in [3.8, 4) is 0 Å². The molecule has 5 nitrogen and oxygen atoms in total. The van der Waals surface area contributed by atoms with Crippen molar-refractivity contribution >= 4 is 27.5 Å². The Hall–Kier alpha value is -2.67. The summed E-state index contributed by atoms with van der Waals surface area (Å²) in [5.74, 6) is -0.425. The second kappa shape index (κ2) is 9.45. The van der Waals surface area contributed by atoms with Crippen molar-refractivity contribution in [1.29, 1.82) is 0 Å². The summed E-state index contributed by atoms with van der Waals surface area (Å²) >= 11 is 6.34. The Labute approximate surface area is 194 Å². The molecule has 0 saturated carbocycles. The van der Waals surface area contributed by atoms with Crippen LogP contribution in [-0.2, 0) is 10.0 Å². The minimum Gasteiger partial charge on any atom is -0.341 e. The standard InChI is InChI=1S/C25H25ClN2O3S/c1-18-9-5-6-12-21(18)24(19-10-3-2-4-11-19)27-25(29)22-17-20(13-14-23(22)26)32(30,31)28-15-7-8-16-28/h2-6,9-14,17,24H,7-8,15-16H2,1H3,(H,27,29)/t24-/m0/s1. The van der Waals surface area contributed by atoms with Crippen molar-refractivity contribution < 1.29 is 13.2 Å². The van der Waals surface area contributed by atoms with Gasteiger partial charge in [0.1, 0.15) is 0 Å². The normalized spacial score (nSPS) is 15.4. The molecule has 3 aromatic rings. The Balaban J connectivity index is 1.69. The predicted molar refractivity (Wildman–Crippen MR) is 126 cm³/mol. The van der Waals surface area contributed by atoms with Crippen molar-refractivity contribution in [3.05, 3.63) is 100 Å². The molecule has 7 heteroatoms. The number of hydrogen-bond donors (Lipinski definition) is 1. The molecule has 1 fully saturated rings. The van der Waals surface area contributed by atoms with Crippen molar-refractivity contribution in [2.24, 2.45) is 0 Å². The van der Waals surface area contributed by atoms with Gasteiger partial charge in [-0.25, -0.2) is 8.42 Å². The molecule has 1 aliphatic rings. The quantitative estimate of drug-likeness (QED) is 0.556. The largest absolute Gasteiger partial charge is 0.341 e. The molecule has 0 spiro atoms. The van der Waals surface area contributed by atoms with E-state index in [1.807, 2.05) is 61.5 Å². The second-order valence-corrected chi connectivity index (χ2v) is 10.3. The van der Waals surface area contributed by atoms with E-state index in [1.54, 1.807) is 0 Å². The topological polar surface area (TPSA) is 66.5 Å². The van der Waals surface area contributed by atoms with Crippen molar-refractivity contribution in [2.75, 3.05) is 13.1 Å². The number of sulfonamides is 1. The summed E-state index contributed by atoms with van der Waals surface area (Å²) in [6.07, 6.45) is 1.69. The van der Waals surface area contributed by atoms with E-state index in [-0.39, 0.29) is 15.5 Å². The van der Waals surface area contributed by atoms with E-state index >= 15 is 0 Å². The number of halogens is 1. The van der Waals surface area contributed by atoms with E-state index < -0.39 is 22.0 Å². The number of carbonyl (C=O) groups excluding carboxylic acids is 1. The first-order chi connectivity index (χ1) is 15.4. The minimum absolute atomic E-state index is 0.0844. The molecule has 4 rings (SSSR count). The van der Waals surface area contributed by atoms with Gasteiger partial charge in [0.2, 0.25) is 10.0 Å². The molecule has 1 heterocycles. The van der Waals surface area contributed by atoms with Gasteiger partial charge in [-0.15, -0.1) is 0 Å². The molecule has 1 amide bonds. The molecule has 3 aromatic carbocycles. The molecule has 166 valence electrons. The van der Waals surface area contributed by atoms with Gasteiger partial charge in [-0.2, -0.15) is 4.31 Å². The zero-order valence-corrected chi connectivity index (χ0v) is 19.4. The Kier molecular flexibility index (Phi) is 6.65. The zero-order valence-electron chi connectivity index (χ0n) is 17.8. The second-order valence-electron chi connectivity index (χ2n) is 7.93. The van der Waals surface area contributed by atoms with Gasteiger partial charge in [0.25, 0.3) is 5.91 Å². The lowest BCUT2D eigenvalue weighted by Gasteiger charge is -2.22. The molecule has 1 saturated heterocycles. The molecule has 32 heavy (non-hydrogen) atoms. The molecule has 0 radical (unpaired) electrons.